The molecule has 0 aromatic heterocycles. The van der Waals surface area contributed by atoms with Gasteiger partial charge in [0.15, 0.2) is 0 Å². The lowest BCUT2D eigenvalue weighted by Crippen LogP contribution is -2.31. The summed E-state index contributed by atoms with van der Waals surface area (Å²) in [5, 5.41) is 11.0. The van der Waals surface area contributed by atoms with E-state index in [0.717, 1.165) is 38.1 Å². The second kappa shape index (κ2) is 7.35. The van der Waals surface area contributed by atoms with Gasteiger partial charge in [-0.2, -0.15) is 0 Å². The zero-order valence-corrected chi connectivity index (χ0v) is 12.2. The maximum atomic E-state index is 11.0. The largest absolute Gasteiger partial charge is 0.377 e. The summed E-state index contributed by atoms with van der Waals surface area (Å²) in [6.45, 7) is 5.33. The van der Waals surface area contributed by atoms with E-state index in [9.17, 15) is 10.1 Å². The Bertz CT molecular complexity index is 489. The van der Waals surface area contributed by atoms with Crippen LogP contribution in [0.2, 0.25) is 0 Å². The highest BCUT2D eigenvalue weighted by atomic mass is 16.6. The molecule has 0 saturated carbocycles. The zero-order chi connectivity index (χ0) is 15.2. The number of nitrogens with two attached hydrogens (primary N) is 1. The van der Waals surface area contributed by atoms with E-state index < -0.39 is 4.92 Å². The quantitative estimate of drug-likeness (QED) is 0.453. The van der Waals surface area contributed by atoms with Crippen LogP contribution in [0.1, 0.15) is 25.3 Å². The van der Waals surface area contributed by atoms with Crippen molar-refractivity contribution in [3.63, 3.8) is 0 Å². The smallest absolute Gasteiger partial charge is 0.293 e. The summed E-state index contributed by atoms with van der Waals surface area (Å²) in [5.74, 6) is 5.29. The summed E-state index contributed by atoms with van der Waals surface area (Å²) in [7, 11) is 0. The van der Waals surface area contributed by atoms with Crippen LogP contribution in [0, 0.1) is 10.1 Å². The second-order valence-electron chi connectivity index (χ2n) is 5.22. The predicted molar refractivity (Wildman–Crippen MR) is 80.8 cm³/mol. The highest BCUT2D eigenvalue weighted by molar-refractivity contribution is 5.61. The molecule has 2 rings (SSSR count). The maximum absolute atomic E-state index is 11.0. The Kier molecular flexibility index (Phi) is 5.49. The Morgan fingerprint density at radius 2 is 2.38 bits per heavy atom. The van der Waals surface area contributed by atoms with Crippen LogP contribution < -0.4 is 11.3 Å². The molecule has 1 unspecified atom stereocenters. The van der Waals surface area contributed by atoms with Crippen LogP contribution in [0.4, 0.5) is 11.4 Å². The average molecular weight is 294 g/mol. The van der Waals surface area contributed by atoms with Crippen LogP contribution in [0.15, 0.2) is 18.2 Å². The Morgan fingerprint density at radius 3 is 2.95 bits per heavy atom. The van der Waals surface area contributed by atoms with Crippen LogP contribution in [0.3, 0.4) is 0 Å². The van der Waals surface area contributed by atoms with Crippen LogP contribution in [-0.4, -0.2) is 35.6 Å². The summed E-state index contributed by atoms with van der Waals surface area (Å²) < 4.78 is 5.65. The van der Waals surface area contributed by atoms with Gasteiger partial charge in [0.1, 0.15) is 5.69 Å². The number of anilines is 1. The third kappa shape index (κ3) is 4.13. The van der Waals surface area contributed by atoms with Gasteiger partial charge in [-0.15, -0.1) is 0 Å². The summed E-state index contributed by atoms with van der Waals surface area (Å²) in [5.41, 5.74) is 3.59. The Balaban J connectivity index is 2.06. The third-order valence-electron chi connectivity index (χ3n) is 3.75. The van der Waals surface area contributed by atoms with Gasteiger partial charge in [0.05, 0.1) is 11.0 Å². The fourth-order valence-corrected chi connectivity index (χ4v) is 2.59. The van der Waals surface area contributed by atoms with Crippen LogP contribution in [-0.2, 0) is 11.3 Å². The molecule has 116 valence electrons. The van der Waals surface area contributed by atoms with Crippen molar-refractivity contribution < 1.29 is 9.66 Å². The maximum Gasteiger partial charge on any atom is 0.293 e. The molecule has 1 aromatic rings. The molecule has 0 aliphatic carbocycles. The number of likely N-dealkylation sites (N-methyl/N-ethyl adjacent to an activating group) is 1. The first-order valence-corrected chi connectivity index (χ1v) is 7.22. The third-order valence-corrected chi connectivity index (χ3v) is 3.75. The van der Waals surface area contributed by atoms with E-state index in [4.69, 9.17) is 10.6 Å². The number of ether oxygens (including phenoxy) is 1. The summed E-state index contributed by atoms with van der Waals surface area (Å²) in [6.07, 6.45) is 2.49. The van der Waals surface area contributed by atoms with Gasteiger partial charge < -0.3 is 10.2 Å². The van der Waals surface area contributed by atoms with E-state index in [-0.39, 0.29) is 11.8 Å². The number of rotatable bonds is 7. The molecule has 0 radical (unpaired) electrons. The number of nitro benzene ring substituents is 1. The van der Waals surface area contributed by atoms with Crippen molar-refractivity contribution in [2.24, 2.45) is 5.84 Å². The summed E-state index contributed by atoms with van der Waals surface area (Å²) >= 11 is 0. The number of nitrogen functional groups attached to an aromatic ring is 1. The molecule has 0 bridgehead atoms. The molecule has 1 heterocycles. The molecular formula is C14H22N4O3. The molecule has 0 amide bonds. The highest BCUT2D eigenvalue weighted by Gasteiger charge is 2.20. The van der Waals surface area contributed by atoms with Gasteiger partial charge in [0.2, 0.25) is 0 Å². The molecule has 3 N–H and O–H groups in total. The molecule has 0 spiro atoms. The zero-order valence-electron chi connectivity index (χ0n) is 12.2. The van der Waals surface area contributed by atoms with Gasteiger partial charge in [-0.05, 0) is 31.0 Å². The molecule has 1 atom stereocenters. The van der Waals surface area contributed by atoms with E-state index >= 15 is 0 Å². The molecule has 1 fully saturated rings. The first kappa shape index (κ1) is 15.7. The van der Waals surface area contributed by atoms with Gasteiger partial charge >= 0.3 is 0 Å². The summed E-state index contributed by atoms with van der Waals surface area (Å²) in [6, 6.07) is 5.08. The van der Waals surface area contributed by atoms with E-state index in [1.165, 1.54) is 0 Å². The monoisotopic (exact) mass is 294 g/mol. The number of hydrogen-bond acceptors (Lipinski definition) is 6. The van der Waals surface area contributed by atoms with Crippen molar-refractivity contribution in [2.45, 2.75) is 32.4 Å². The minimum absolute atomic E-state index is 0.00293. The lowest BCUT2D eigenvalue weighted by Gasteiger charge is -2.23. The van der Waals surface area contributed by atoms with Gasteiger partial charge in [-0.1, -0.05) is 13.0 Å². The van der Waals surface area contributed by atoms with Crippen molar-refractivity contribution in [2.75, 3.05) is 25.1 Å². The lowest BCUT2D eigenvalue weighted by molar-refractivity contribution is -0.384. The van der Waals surface area contributed by atoms with Gasteiger partial charge in [-0.3, -0.25) is 20.9 Å². The fraction of sp³-hybridized carbons (Fsp3) is 0.571. The SMILES string of the molecule is CCN(Cc1ccc(NN)c([N+](=O)[O-])c1)CC1CCCO1. The van der Waals surface area contributed by atoms with Crippen molar-refractivity contribution in [3.05, 3.63) is 33.9 Å². The van der Waals surface area contributed by atoms with Crippen LogP contribution in [0.25, 0.3) is 0 Å². The Morgan fingerprint density at radius 1 is 1.57 bits per heavy atom. The number of nitro groups is 1. The highest BCUT2D eigenvalue weighted by Crippen LogP contribution is 2.25. The standard InChI is InChI=1S/C14H22N4O3/c1-2-17(10-12-4-3-7-21-12)9-11-5-6-13(16-15)14(8-11)18(19)20/h5-6,8,12,16H,2-4,7,9-10,15H2,1H3. The number of hydrogen-bond donors (Lipinski definition) is 2. The summed E-state index contributed by atoms with van der Waals surface area (Å²) in [4.78, 5) is 12.9. The molecule has 1 aromatic carbocycles. The fourth-order valence-electron chi connectivity index (χ4n) is 2.59. The predicted octanol–water partition coefficient (Wildman–Crippen LogP) is 1.88. The first-order chi connectivity index (χ1) is 10.1. The molecule has 21 heavy (non-hydrogen) atoms. The van der Waals surface area contributed by atoms with E-state index in [1.807, 2.05) is 6.07 Å². The minimum atomic E-state index is -0.422. The van der Waals surface area contributed by atoms with Crippen molar-refractivity contribution >= 4 is 11.4 Å². The topological polar surface area (TPSA) is 93.7 Å². The Hall–Kier alpha value is -1.70. The van der Waals surface area contributed by atoms with E-state index in [1.54, 1.807) is 12.1 Å². The molecule has 1 aliphatic heterocycles. The van der Waals surface area contributed by atoms with E-state index in [2.05, 4.69) is 17.2 Å². The number of nitrogens with one attached hydrogen (secondary N) is 1. The second-order valence-corrected chi connectivity index (χ2v) is 5.22. The number of hydrazine groups is 1. The van der Waals surface area contributed by atoms with Gasteiger partial charge in [0.25, 0.3) is 5.69 Å². The molecule has 7 heteroatoms. The van der Waals surface area contributed by atoms with Crippen molar-refractivity contribution in [1.82, 2.24) is 4.90 Å². The Labute approximate surface area is 124 Å². The molecule has 7 nitrogen and oxygen atoms in total. The average Bonchev–Trinajstić information content (AvgIpc) is 2.99. The molecular weight excluding hydrogens is 272 g/mol. The number of nitrogens with zero attached hydrogens (tertiary/aromatic N) is 2. The molecule has 1 aliphatic rings. The minimum Gasteiger partial charge on any atom is -0.377 e. The van der Waals surface area contributed by atoms with Gasteiger partial charge in [-0.25, -0.2) is 0 Å². The van der Waals surface area contributed by atoms with Crippen molar-refractivity contribution in [1.29, 1.82) is 0 Å². The van der Waals surface area contributed by atoms with Crippen LogP contribution in [0.5, 0.6) is 0 Å². The normalized spacial score (nSPS) is 18.1. The molecule has 1 saturated heterocycles. The van der Waals surface area contributed by atoms with E-state index in [0.29, 0.717) is 12.2 Å². The number of benzene rings is 1. The van der Waals surface area contributed by atoms with Crippen LogP contribution >= 0.6 is 0 Å². The van der Waals surface area contributed by atoms with Crippen molar-refractivity contribution in [3.8, 4) is 0 Å². The van der Waals surface area contributed by atoms with Gasteiger partial charge in [0, 0.05) is 25.8 Å². The first-order valence-electron chi connectivity index (χ1n) is 7.22. The lowest BCUT2D eigenvalue weighted by atomic mass is 10.1.